The molecule has 0 saturated carbocycles. The Balaban J connectivity index is 2.03. The van der Waals surface area contributed by atoms with E-state index in [4.69, 9.17) is 4.74 Å². The molecule has 0 aliphatic carbocycles. The van der Waals surface area contributed by atoms with E-state index in [2.05, 4.69) is 17.1 Å². The first-order valence-corrected chi connectivity index (χ1v) is 6.13. The van der Waals surface area contributed by atoms with Crippen molar-refractivity contribution >= 4 is 0 Å². The van der Waals surface area contributed by atoms with Crippen LogP contribution in [0.1, 0.15) is 22.5 Å². The van der Waals surface area contributed by atoms with Gasteiger partial charge in [0.15, 0.2) is 11.5 Å². The minimum absolute atomic E-state index is 0.194. The molecule has 3 heteroatoms. The van der Waals surface area contributed by atoms with Crippen LogP contribution in [-0.4, -0.2) is 16.7 Å². The number of nitrogens with zero attached hydrogens (tertiary/aromatic N) is 1. The monoisotopic (exact) mass is 241 g/mol. The van der Waals surface area contributed by atoms with Gasteiger partial charge in [0.1, 0.15) is 0 Å². The highest BCUT2D eigenvalue weighted by molar-refractivity contribution is 5.52. The van der Waals surface area contributed by atoms with Gasteiger partial charge in [-0.3, -0.25) is 4.98 Å². The molecule has 1 aliphatic heterocycles. The summed E-state index contributed by atoms with van der Waals surface area (Å²) in [4.78, 5) is 4.51. The first kappa shape index (κ1) is 11.1. The number of aryl methyl sites for hydroxylation is 1. The lowest BCUT2D eigenvalue weighted by molar-refractivity contribution is 0.333. The number of hydrogen-bond acceptors (Lipinski definition) is 3. The van der Waals surface area contributed by atoms with Gasteiger partial charge >= 0.3 is 0 Å². The molecule has 0 fully saturated rings. The van der Waals surface area contributed by atoms with Gasteiger partial charge in [-0.1, -0.05) is 30.3 Å². The van der Waals surface area contributed by atoms with Crippen molar-refractivity contribution in [2.24, 2.45) is 0 Å². The lowest BCUT2D eigenvalue weighted by atomic mass is 10.0. The maximum Gasteiger partial charge on any atom is 0.179 e. The number of pyridine rings is 1. The predicted octanol–water partition coefficient (Wildman–Crippen LogP) is 2.62. The van der Waals surface area contributed by atoms with Gasteiger partial charge in [0.25, 0.3) is 0 Å². The van der Waals surface area contributed by atoms with Gasteiger partial charge in [-0.05, 0) is 12.5 Å². The highest BCUT2D eigenvalue weighted by Gasteiger charge is 2.23. The molecule has 2 aromatic rings. The molecule has 3 nitrogen and oxygen atoms in total. The topological polar surface area (TPSA) is 42.4 Å². The third-order valence-electron chi connectivity index (χ3n) is 3.30. The van der Waals surface area contributed by atoms with E-state index in [1.54, 1.807) is 0 Å². The average molecular weight is 241 g/mol. The van der Waals surface area contributed by atoms with E-state index < -0.39 is 0 Å². The second-order valence-electron chi connectivity index (χ2n) is 4.56. The number of ether oxygens (including phenoxy) is 1. The van der Waals surface area contributed by atoms with Crippen LogP contribution in [0.25, 0.3) is 0 Å². The van der Waals surface area contributed by atoms with Crippen molar-refractivity contribution in [1.82, 2.24) is 4.98 Å². The average Bonchev–Trinajstić information content (AvgIpc) is 2.86. The van der Waals surface area contributed by atoms with E-state index >= 15 is 0 Å². The molecule has 1 aromatic heterocycles. The van der Waals surface area contributed by atoms with Crippen LogP contribution >= 0.6 is 0 Å². The van der Waals surface area contributed by atoms with Gasteiger partial charge in [0.05, 0.1) is 18.0 Å². The van der Waals surface area contributed by atoms with Crippen molar-refractivity contribution in [3.05, 3.63) is 52.8 Å². The summed E-state index contributed by atoms with van der Waals surface area (Å²) in [6.45, 7) is 2.45. The third-order valence-corrected chi connectivity index (χ3v) is 3.30. The van der Waals surface area contributed by atoms with Crippen LogP contribution in [0.4, 0.5) is 0 Å². The zero-order chi connectivity index (χ0) is 12.5. The Labute approximate surface area is 106 Å². The van der Waals surface area contributed by atoms with Crippen molar-refractivity contribution in [2.75, 3.05) is 6.61 Å². The highest BCUT2D eigenvalue weighted by atomic mass is 16.5. The lowest BCUT2D eigenvalue weighted by Gasteiger charge is -2.10. The molecule has 0 bridgehead atoms. The summed E-state index contributed by atoms with van der Waals surface area (Å²) in [5.74, 6) is 0.827. The molecule has 1 aliphatic rings. The van der Waals surface area contributed by atoms with Crippen molar-refractivity contribution in [1.29, 1.82) is 0 Å². The molecular weight excluding hydrogens is 226 g/mol. The number of hydrogen-bond donors (Lipinski definition) is 1. The summed E-state index contributed by atoms with van der Waals surface area (Å²) < 4.78 is 5.50. The first-order valence-electron chi connectivity index (χ1n) is 6.13. The summed E-state index contributed by atoms with van der Waals surface area (Å²) in [6, 6.07) is 10.2. The molecule has 92 valence electrons. The maximum atomic E-state index is 9.92. The van der Waals surface area contributed by atoms with Crippen LogP contribution < -0.4 is 4.74 Å². The minimum atomic E-state index is 0.194. The first-order chi connectivity index (χ1) is 8.75. The van der Waals surface area contributed by atoms with E-state index in [1.807, 2.05) is 25.1 Å². The zero-order valence-corrected chi connectivity index (χ0v) is 10.3. The Hall–Kier alpha value is -2.03. The Morgan fingerprint density at radius 1 is 1.28 bits per heavy atom. The quantitative estimate of drug-likeness (QED) is 0.878. The number of fused-ring (bicyclic) bond motifs is 1. The molecule has 0 amide bonds. The Morgan fingerprint density at radius 2 is 2.06 bits per heavy atom. The summed E-state index contributed by atoms with van der Waals surface area (Å²) in [7, 11) is 0. The van der Waals surface area contributed by atoms with Gasteiger partial charge in [0, 0.05) is 18.4 Å². The van der Waals surface area contributed by atoms with Crippen LogP contribution in [0.3, 0.4) is 0 Å². The number of rotatable bonds is 2. The molecule has 0 spiro atoms. The van der Waals surface area contributed by atoms with E-state index in [-0.39, 0.29) is 5.75 Å². The summed E-state index contributed by atoms with van der Waals surface area (Å²) in [5, 5.41) is 9.92. The molecular formula is C15H15NO2. The van der Waals surface area contributed by atoms with E-state index in [0.717, 1.165) is 24.1 Å². The standard InChI is InChI=1S/C15H15NO2/c1-10-14(17)15-12(7-8-18-15)13(16-10)9-11-5-3-2-4-6-11/h2-6,17H,7-9H2,1H3. The van der Waals surface area contributed by atoms with Gasteiger partial charge in [-0.2, -0.15) is 0 Å². The van der Waals surface area contributed by atoms with Crippen molar-refractivity contribution < 1.29 is 9.84 Å². The summed E-state index contributed by atoms with van der Waals surface area (Å²) in [5.41, 5.74) is 3.94. The van der Waals surface area contributed by atoms with Gasteiger partial charge in [-0.15, -0.1) is 0 Å². The molecule has 3 rings (SSSR count). The molecule has 0 saturated heterocycles. The Bertz CT molecular complexity index is 579. The fraction of sp³-hybridized carbons (Fsp3) is 0.267. The SMILES string of the molecule is Cc1nc(Cc2ccccc2)c2c(c1O)OCC2. The van der Waals surface area contributed by atoms with E-state index in [9.17, 15) is 5.11 Å². The van der Waals surface area contributed by atoms with Crippen LogP contribution in [0.2, 0.25) is 0 Å². The number of aromatic hydroxyl groups is 1. The summed E-state index contributed by atoms with van der Waals surface area (Å²) in [6.07, 6.45) is 1.62. The van der Waals surface area contributed by atoms with Gasteiger partial charge in [0.2, 0.25) is 0 Å². The van der Waals surface area contributed by atoms with E-state index in [0.29, 0.717) is 18.1 Å². The largest absolute Gasteiger partial charge is 0.503 e. The molecule has 1 aromatic carbocycles. The molecule has 18 heavy (non-hydrogen) atoms. The van der Waals surface area contributed by atoms with Crippen LogP contribution in [0.5, 0.6) is 11.5 Å². The fourth-order valence-electron chi connectivity index (χ4n) is 2.37. The Morgan fingerprint density at radius 3 is 2.83 bits per heavy atom. The van der Waals surface area contributed by atoms with Crippen molar-refractivity contribution in [2.45, 2.75) is 19.8 Å². The number of benzene rings is 1. The maximum absolute atomic E-state index is 9.92. The molecule has 0 unspecified atom stereocenters. The van der Waals surface area contributed by atoms with Crippen molar-refractivity contribution in [3.8, 4) is 11.5 Å². The van der Waals surface area contributed by atoms with Crippen LogP contribution in [-0.2, 0) is 12.8 Å². The molecule has 0 atom stereocenters. The molecule has 2 heterocycles. The molecule has 0 radical (unpaired) electrons. The number of aromatic nitrogens is 1. The second kappa shape index (κ2) is 4.33. The minimum Gasteiger partial charge on any atom is -0.503 e. The van der Waals surface area contributed by atoms with Crippen LogP contribution in [0, 0.1) is 6.92 Å². The van der Waals surface area contributed by atoms with Crippen molar-refractivity contribution in [3.63, 3.8) is 0 Å². The normalized spacial score (nSPS) is 13.2. The lowest BCUT2D eigenvalue weighted by Crippen LogP contribution is -1.99. The molecule has 1 N–H and O–H groups in total. The van der Waals surface area contributed by atoms with Gasteiger partial charge in [-0.25, -0.2) is 0 Å². The van der Waals surface area contributed by atoms with Gasteiger partial charge < -0.3 is 9.84 Å². The fourth-order valence-corrected chi connectivity index (χ4v) is 2.37. The predicted molar refractivity (Wildman–Crippen MR) is 69.1 cm³/mol. The highest BCUT2D eigenvalue weighted by Crippen LogP contribution is 2.38. The van der Waals surface area contributed by atoms with E-state index in [1.165, 1.54) is 5.56 Å². The Kier molecular flexibility index (Phi) is 2.67. The third kappa shape index (κ3) is 1.82. The smallest absolute Gasteiger partial charge is 0.179 e. The summed E-state index contributed by atoms with van der Waals surface area (Å²) >= 11 is 0. The van der Waals surface area contributed by atoms with Crippen LogP contribution in [0.15, 0.2) is 30.3 Å². The second-order valence-corrected chi connectivity index (χ2v) is 4.56. The zero-order valence-electron chi connectivity index (χ0n) is 10.3.